The second-order valence-corrected chi connectivity index (χ2v) is 9.06. The molecule has 1 aromatic rings. The molecule has 0 heterocycles. The van der Waals surface area contributed by atoms with E-state index in [1.54, 1.807) is 0 Å². The molecule has 33 heavy (non-hydrogen) atoms. The topological polar surface area (TPSA) is 151 Å². The highest BCUT2D eigenvalue weighted by Gasteiger charge is 2.30. The van der Waals surface area contributed by atoms with Crippen LogP contribution in [-0.2, 0) is 25.6 Å². The molecular weight excluding hydrogens is 444 g/mol. The summed E-state index contributed by atoms with van der Waals surface area (Å²) in [6.07, 6.45) is 3.06. The van der Waals surface area contributed by atoms with Crippen molar-refractivity contribution < 1.29 is 24.3 Å². The van der Waals surface area contributed by atoms with Crippen molar-refractivity contribution >= 4 is 35.5 Å². The average Bonchev–Trinajstić information content (AvgIpc) is 2.79. The van der Waals surface area contributed by atoms with Gasteiger partial charge in [0.25, 0.3) is 0 Å². The predicted octanol–water partition coefficient (Wildman–Crippen LogP) is 0.915. The number of hydrogen-bond acceptors (Lipinski definition) is 6. The van der Waals surface area contributed by atoms with Gasteiger partial charge in [-0.05, 0) is 43.3 Å². The summed E-state index contributed by atoms with van der Waals surface area (Å²) in [7, 11) is 0. The fraction of sp³-hybridized carbons (Fsp3) is 0.565. The second kappa shape index (κ2) is 14.5. The van der Waals surface area contributed by atoms with Crippen molar-refractivity contribution in [3.8, 4) is 0 Å². The van der Waals surface area contributed by atoms with Crippen molar-refractivity contribution in [3.63, 3.8) is 0 Å². The molecule has 6 N–H and O–H groups in total. The molecular formula is C23H36N4O5S. The smallest absolute Gasteiger partial charge is 0.326 e. The number of nitrogens with one attached hydrogen (secondary N) is 3. The fourth-order valence-electron chi connectivity index (χ4n) is 3.08. The van der Waals surface area contributed by atoms with Gasteiger partial charge in [-0.1, -0.05) is 50.6 Å². The normalized spacial score (nSPS) is 15.4. The molecule has 0 aliphatic heterocycles. The molecule has 0 aromatic heterocycles. The van der Waals surface area contributed by atoms with Gasteiger partial charge in [-0.25, -0.2) is 4.79 Å². The summed E-state index contributed by atoms with van der Waals surface area (Å²) in [5.41, 5.74) is 6.95. The first kappa shape index (κ1) is 28.4. The van der Waals surface area contributed by atoms with Crippen LogP contribution in [0.25, 0.3) is 0 Å². The molecule has 184 valence electrons. The van der Waals surface area contributed by atoms with Crippen LogP contribution in [0.2, 0.25) is 0 Å². The molecule has 10 heteroatoms. The summed E-state index contributed by atoms with van der Waals surface area (Å²) < 4.78 is 0. The van der Waals surface area contributed by atoms with E-state index in [1.807, 2.05) is 50.4 Å². The van der Waals surface area contributed by atoms with E-state index in [1.165, 1.54) is 18.7 Å². The van der Waals surface area contributed by atoms with Crippen molar-refractivity contribution in [2.75, 3.05) is 12.0 Å². The Kier molecular flexibility index (Phi) is 12.5. The summed E-state index contributed by atoms with van der Waals surface area (Å²) in [5.74, 6) is -2.35. The molecule has 0 radical (unpaired) electrons. The summed E-state index contributed by atoms with van der Waals surface area (Å²) in [5, 5.41) is 17.0. The minimum atomic E-state index is -1.13. The van der Waals surface area contributed by atoms with Crippen LogP contribution in [0.15, 0.2) is 30.3 Å². The van der Waals surface area contributed by atoms with E-state index in [-0.39, 0.29) is 12.3 Å². The van der Waals surface area contributed by atoms with Gasteiger partial charge in [0, 0.05) is 0 Å². The number of amides is 3. The van der Waals surface area contributed by atoms with E-state index < -0.39 is 47.9 Å². The van der Waals surface area contributed by atoms with Gasteiger partial charge >= 0.3 is 5.97 Å². The van der Waals surface area contributed by atoms with Gasteiger partial charge in [-0.3, -0.25) is 14.4 Å². The molecule has 0 bridgehead atoms. The maximum Gasteiger partial charge on any atom is 0.326 e. The average molecular weight is 481 g/mol. The summed E-state index contributed by atoms with van der Waals surface area (Å²) in [6, 6.07) is 5.60. The van der Waals surface area contributed by atoms with Gasteiger partial charge in [0.05, 0.1) is 6.04 Å². The standard InChI is InChI=1S/C23H36N4O5S/c1-5-14(2)19(27-21(29)17(24)13-16-9-7-6-8-10-16)22(30)25-15(3)20(28)26-18(23(31)32)11-12-33-4/h6-10,14-15,17-19H,5,11-13,24H2,1-4H3,(H,25,30)(H,26,28)(H,27,29)(H,31,32). The monoisotopic (exact) mass is 480 g/mol. The van der Waals surface area contributed by atoms with Gasteiger partial charge in [0.2, 0.25) is 17.7 Å². The van der Waals surface area contributed by atoms with Crippen molar-refractivity contribution in [2.24, 2.45) is 11.7 Å². The lowest BCUT2D eigenvalue weighted by atomic mass is 9.97. The molecule has 0 aliphatic rings. The molecule has 3 amide bonds. The Morgan fingerprint density at radius 3 is 2.18 bits per heavy atom. The van der Waals surface area contributed by atoms with Gasteiger partial charge in [-0.2, -0.15) is 11.8 Å². The largest absolute Gasteiger partial charge is 0.480 e. The first-order valence-corrected chi connectivity index (χ1v) is 12.4. The lowest BCUT2D eigenvalue weighted by Crippen LogP contribution is -2.58. The molecule has 0 spiro atoms. The van der Waals surface area contributed by atoms with E-state index in [0.717, 1.165) is 5.56 Å². The van der Waals surface area contributed by atoms with Crippen LogP contribution in [0.3, 0.4) is 0 Å². The zero-order valence-corrected chi connectivity index (χ0v) is 20.5. The Morgan fingerprint density at radius 1 is 1.00 bits per heavy atom. The van der Waals surface area contributed by atoms with Crippen molar-refractivity contribution in [1.29, 1.82) is 0 Å². The number of carboxylic acids is 1. The Bertz CT molecular complexity index is 792. The summed E-state index contributed by atoms with van der Waals surface area (Å²) in [6.45, 7) is 5.18. The number of nitrogens with two attached hydrogens (primary N) is 1. The number of benzene rings is 1. The zero-order chi connectivity index (χ0) is 25.0. The maximum absolute atomic E-state index is 12.9. The quantitative estimate of drug-likeness (QED) is 0.266. The maximum atomic E-state index is 12.9. The van der Waals surface area contributed by atoms with Gasteiger partial charge in [0.15, 0.2) is 0 Å². The molecule has 1 aromatic carbocycles. The van der Waals surface area contributed by atoms with E-state index >= 15 is 0 Å². The van der Waals surface area contributed by atoms with Gasteiger partial charge in [-0.15, -0.1) is 0 Å². The molecule has 0 saturated heterocycles. The molecule has 0 fully saturated rings. The molecule has 0 aliphatic carbocycles. The number of carbonyl (C=O) groups excluding carboxylic acids is 3. The van der Waals surface area contributed by atoms with E-state index in [2.05, 4.69) is 16.0 Å². The minimum Gasteiger partial charge on any atom is -0.480 e. The first-order chi connectivity index (χ1) is 15.6. The lowest BCUT2D eigenvalue weighted by Gasteiger charge is -2.27. The number of hydrogen-bond donors (Lipinski definition) is 5. The SMILES string of the molecule is CCC(C)C(NC(=O)C(N)Cc1ccccc1)C(=O)NC(C)C(=O)NC(CCSC)C(=O)O. The Morgan fingerprint density at radius 2 is 1.64 bits per heavy atom. The third-order valence-corrected chi connectivity index (χ3v) is 6.05. The zero-order valence-electron chi connectivity index (χ0n) is 19.7. The Balaban J connectivity index is 2.76. The van der Waals surface area contributed by atoms with Crippen molar-refractivity contribution in [1.82, 2.24) is 16.0 Å². The van der Waals surface area contributed by atoms with E-state index in [9.17, 15) is 24.3 Å². The number of aliphatic carboxylic acids is 1. The third-order valence-electron chi connectivity index (χ3n) is 5.41. The number of carbonyl (C=O) groups is 4. The summed E-state index contributed by atoms with van der Waals surface area (Å²) in [4.78, 5) is 49.4. The van der Waals surface area contributed by atoms with Crippen LogP contribution in [0.4, 0.5) is 0 Å². The number of rotatable bonds is 14. The molecule has 9 nitrogen and oxygen atoms in total. The van der Waals surface area contributed by atoms with Gasteiger partial charge in [0.1, 0.15) is 18.1 Å². The van der Waals surface area contributed by atoms with E-state index in [4.69, 9.17) is 5.73 Å². The van der Waals surface area contributed by atoms with Crippen LogP contribution in [0.1, 0.15) is 39.2 Å². The van der Waals surface area contributed by atoms with Crippen LogP contribution in [0.5, 0.6) is 0 Å². The van der Waals surface area contributed by atoms with Crippen LogP contribution in [-0.4, -0.2) is 65.0 Å². The number of carboxylic acid groups (broad SMARTS) is 1. The van der Waals surface area contributed by atoms with Crippen LogP contribution in [0, 0.1) is 5.92 Å². The number of thioether (sulfide) groups is 1. The third kappa shape index (κ3) is 9.83. The van der Waals surface area contributed by atoms with Crippen molar-refractivity contribution in [3.05, 3.63) is 35.9 Å². The molecule has 5 atom stereocenters. The first-order valence-electron chi connectivity index (χ1n) is 11.0. The van der Waals surface area contributed by atoms with Gasteiger partial charge < -0.3 is 26.8 Å². The fourth-order valence-corrected chi connectivity index (χ4v) is 3.55. The Labute approximate surface area is 199 Å². The highest BCUT2D eigenvalue weighted by atomic mass is 32.2. The second-order valence-electron chi connectivity index (χ2n) is 8.08. The van der Waals surface area contributed by atoms with Crippen LogP contribution >= 0.6 is 11.8 Å². The van der Waals surface area contributed by atoms with Crippen LogP contribution < -0.4 is 21.7 Å². The highest BCUT2D eigenvalue weighted by Crippen LogP contribution is 2.10. The predicted molar refractivity (Wildman–Crippen MR) is 130 cm³/mol. The molecule has 1 rings (SSSR count). The summed E-state index contributed by atoms with van der Waals surface area (Å²) >= 11 is 1.48. The van der Waals surface area contributed by atoms with Crippen molar-refractivity contribution in [2.45, 2.75) is 64.2 Å². The molecule has 5 unspecified atom stereocenters. The molecule has 0 saturated carbocycles. The minimum absolute atomic E-state index is 0.207. The Hall–Kier alpha value is -2.59. The van der Waals surface area contributed by atoms with E-state index in [0.29, 0.717) is 18.6 Å². The highest BCUT2D eigenvalue weighted by molar-refractivity contribution is 7.98. The lowest BCUT2D eigenvalue weighted by molar-refractivity contribution is -0.142.